The van der Waals surface area contributed by atoms with Crippen LogP contribution >= 0.6 is 24.4 Å². The Morgan fingerprint density at radius 1 is 0.654 bits per heavy atom. The lowest BCUT2D eigenvalue weighted by Crippen LogP contribution is -2.01. The summed E-state index contributed by atoms with van der Waals surface area (Å²) in [5.74, 6) is 0. The number of nitrogens with zero attached hydrogens (tertiary/aromatic N) is 6. The predicted molar refractivity (Wildman–Crippen MR) is 102 cm³/mol. The third-order valence-corrected chi connectivity index (χ3v) is 4.03. The summed E-state index contributed by atoms with van der Waals surface area (Å²) in [4.78, 5) is 0. The van der Waals surface area contributed by atoms with Crippen molar-refractivity contribution in [2.75, 3.05) is 0 Å². The molecule has 2 aromatic heterocycles. The molecule has 0 amide bonds. The molecule has 0 saturated heterocycles. The van der Waals surface area contributed by atoms with E-state index >= 15 is 0 Å². The highest BCUT2D eigenvalue weighted by atomic mass is 32.1. The molecule has 0 bridgehead atoms. The maximum Gasteiger partial charge on any atom is 0.238 e. The van der Waals surface area contributed by atoms with Crippen LogP contribution in [0.3, 0.4) is 0 Å². The quantitative estimate of drug-likeness (QED) is 0.526. The van der Waals surface area contributed by atoms with Crippen molar-refractivity contribution in [2.45, 2.75) is 13.1 Å². The zero-order chi connectivity index (χ0) is 18.2. The minimum Gasteiger partial charge on any atom is -0.238 e. The monoisotopic (exact) mass is 384 g/mol. The van der Waals surface area contributed by atoms with Crippen molar-refractivity contribution in [1.82, 2.24) is 40.4 Å². The summed E-state index contributed by atoms with van der Waals surface area (Å²) in [6, 6.07) is 20.0. The number of benzene rings is 2. The average molecular weight is 384 g/mol. The molecule has 0 spiro atoms. The van der Waals surface area contributed by atoms with Crippen LogP contribution in [0.4, 0.5) is 0 Å². The zero-order valence-electron chi connectivity index (χ0n) is 13.7. The first-order chi connectivity index (χ1) is 12.7. The molecular weight excluding hydrogens is 368 g/mol. The Labute approximate surface area is 159 Å². The first-order valence-electron chi connectivity index (χ1n) is 7.76. The van der Waals surface area contributed by atoms with Gasteiger partial charge in [-0.2, -0.15) is 10.4 Å². The SMILES string of the molecule is S=c1nn[nH]n1Cc1ccccc1.S=c1nn[nH]n1Cc1ccccc1. The van der Waals surface area contributed by atoms with Crippen molar-refractivity contribution in [1.29, 1.82) is 0 Å². The second kappa shape index (κ2) is 8.92. The van der Waals surface area contributed by atoms with Crippen LogP contribution in [0.1, 0.15) is 11.1 Å². The molecular formula is C16H16N8S2. The second-order valence-electron chi connectivity index (χ2n) is 5.31. The van der Waals surface area contributed by atoms with Crippen LogP contribution in [0.5, 0.6) is 0 Å². The van der Waals surface area contributed by atoms with Gasteiger partial charge < -0.3 is 0 Å². The molecule has 0 radical (unpaired) electrons. The summed E-state index contributed by atoms with van der Waals surface area (Å²) in [7, 11) is 0. The van der Waals surface area contributed by atoms with Crippen molar-refractivity contribution in [3.05, 3.63) is 81.3 Å². The molecule has 0 atom stereocenters. The fourth-order valence-electron chi connectivity index (χ4n) is 2.17. The van der Waals surface area contributed by atoms with Gasteiger partial charge in [0.1, 0.15) is 0 Å². The molecule has 0 aliphatic carbocycles. The molecule has 2 aromatic carbocycles. The first kappa shape index (κ1) is 17.8. The molecule has 2 heterocycles. The summed E-state index contributed by atoms with van der Waals surface area (Å²) in [5.41, 5.74) is 2.34. The molecule has 0 aliphatic heterocycles. The normalized spacial score (nSPS) is 10.2. The molecule has 26 heavy (non-hydrogen) atoms. The Balaban J connectivity index is 0.000000151. The van der Waals surface area contributed by atoms with E-state index < -0.39 is 0 Å². The number of nitrogens with one attached hydrogen (secondary N) is 2. The van der Waals surface area contributed by atoms with E-state index in [1.165, 1.54) is 11.1 Å². The Bertz CT molecular complexity index is 947. The molecule has 10 heteroatoms. The van der Waals surface area contributed by atoms with Crippen LogP contribution in [0.25, 0.3) is 0 Å². The van der Waals surface area contributed by atoms with Gasteiger partial charge in [0.2, 0.25) is 9.54 Å². The number of hydrogen-bond donors (Lipinski definition) is 2. The lowest BCUT2D eigenvalue weighted by Gasteiger charge is -1.99. The van der Waals surface area contributed by atoms with Crippen LogP contribution in [-0.2, 0) is 13.1 Å². The van der Waals surface area contributed by atoms with Gasteiger partial charge in [0, 0.05) is 0 Å². The van der Waals surface area contributed by atoms with Gasteiger partial charge in [-0.1, -0.05) is 81.3 Å². The van der Waals surface area contributed by atoms with Crippen molar-refractivity contribution < 1.29 is 0 Å². The average Bonchev–Trinajstić information content (AvgIpc) is 3.26. The van der Waals surface area contributed by atoms with Crippen molar-refractivity contribution >= 4 is 24.4 Å². The van der Waals surface area contributed by atoms with Gasteiger partial charge >= 0.3 is 0 Å². The maximum atomic E-state index is 4.94. The number of rotatable bonds is 4. The van der Waals surface area contributed by atoms with E-state index in [4.69, 9.17) is 24.4 Å². The van der Waals surface area contributed by atoms with Gasteiger partial charge in [0.25, 0.3) is 0 Å². The van der Waals surface area contributed by atoms with Crippen molar-refractivity contribution in [3.63, 3.8) is 0 Å². The third-order valence-electron chi connectivity index (χ3n) is 3.43. The number of aromatic nitrogens is 8. The molecule has 4 aromatic rings. The minimum absolute atomic E-state index is 0.476. The number of aromatic amines is 2. The van der Waals surface area contributed by atoms with E-state index in [1.54, 1.807) is 9.36 Å². The van der Waals surface area contributed by atoms with Gasteiger partial charge in [-0.15, -0.1) is 0 Å². The molecule has 0 fully saturated rings. The molecule has 4 rings (SSSR count). The Morgan fingerprint density at radius 3 is 1.35 bits per heavy atom. The van der Waals surface area contributed by atoms with Gasteiger partial charge in [-0.3, -0.25) is 0 Å². The molecule has 132 valence electrons. The van der Waals surface area contributed by atoms with Crippen molar-refractivity contribution in [3.8, 4) is 0 Å². The Hall–Kier alpha value is -2.98. The first-order valence-corrected chi connectivity index (χ1v) is 8.57. The predicted octanol–water partition coefficient (Wildman–Crippen LogP) is 2.77. The highest BCUT2D eigenvalue weighted by Crippen LogP contribution is 2.01. The number of tetrazole rings is 2. The molecule has 8 nitrogen and oxygen atoms in total. The maximum absolute atomic E-state index is 4.94. The summed E-state index contributed by atoms with van der Waals surface area (Å²) in [5, 5.41) is 20.0. The largest absolute Gasteiger partial charge is 0.238 e. The van der Waals surface area contributed by atoms with E-state index in [2.05, 4.69) is 31.1 Å². The second-order valence-corrected chi connectivity index (χ2v) is 6.04. The van der Waals surface area contributed by atoms with Crippen LogP contribution in [0.15, 0.2) is 60.7 Å². The molecule has 0 aliphatic rings. The Morgan fingerprint density at radius 2 is 1.04 bits per heavy atom. The van der Waals surface area contributed by atoms with Gasteiger partial charge in [0.05, 0.1) is 13.1 Å². The van der Waals surface area contributed by atoms with E-state index in [0.717, 1.165) is 0 Å². The van der Waals surface area contributed by atoms with Gasteiger partial charge in [-0.25, -0.2) is 9.36 Å². The fraction of sp³-hybridized carbons (Fsp3) is 0.125. The lowest BCUT2D eigenvalue weighted by atomic mass is 10.2. The summed E-state index contributed by atoms with van der Waals surface area (Å²) in [6.07, 6.45) is 0. The number of hydrogen-bond acceptors (Lipinski definition) is 6. The van der Waals surface area contributed by atoms with E-state index in [-0.39, 0.29) is 0 Å². The zero-order valence-corrected chi connectivity index (χ0v) is 15.3. The smallest absolute Gasteiger partial charge is 0.238 e. The molecule has 0 unspecified atom stereocenters. The lowest BCUT2D eigenvalue weighted by molar-refractivity contribution is 0.642. The van der Waals surface area contributed by atoms with E-state index in [0.29, 0.717) is 22.6 Å². The van der Waals surface area contributed by atoms with Crippen LogP contribution in [0, 0.1) is 9.54 Å². The minimum atomic E-state index is 0.476. The summed E-state index contributed by atoms with van der Waals surface area (Å²) >= 11 is 9.89. The highest BCUT2D eigenvalue weighted by Gasteiger charge is 1.96. The van der Waals surface area contributed by atoms with Crippen LogP contribution in [0.2, 0.25) is 0 Å². The van der Waals surface area contributed by atoms with E-state index in [9.17, 15) is 0 Å². The van der Waals surface area contributed by atoms with E-state index in [1.807, 2.05) is 60.7 Å². The third kappa shape index (κ3) is 5.01. The Kier molecular flexibility index (Phi) is 6.12. The topological polar surface area (TPSA) is 93.0 Å². The van der Waals surface area contributed by atoms with Gasteiger partial charge in [0.15, 0.2) is 0 Å². The highest BCUT2D eigenvalue weighted by molar-refractivity contribution is 7.71. The summed E-state index contributed by atoms with van der Waals surface area (Å²) in [6.45, 7) is 1.37. The van der Waals surface area contributed by atoms with Crippen LogP contribution < -0.4 is 0 Å². The summed E-state index contributed by atoms with van der Waals surface area (Å²) < 4.78 is 4.38. The molecule has 0 saturated carbocycles. The number of H-pyrrole nitrogens is 2. The van der Waals surface area contributed by atoms with Crippen LogP contribution in [-0.4, -0.2) is 40.4 Å². The van der Waals surface area contributed by atoms with Gasteiger partial charge in [-0.05, 0) is 35.6 Å². The standard InChI is InChI=1S/2C8H8N4S/c2*13-8-9-10-11-12(8)6-7-4-2-1-3-5-7/h2*1-5H,6H2,(H,9,11,13). The van der Waals surface area contributed by atoms with Crippen molar-refractivity contribution in [2.24, 2.45) is 0 Å². The molecule has 2 N–H and O–H groups in total. The fourth-order valence-corrected chi connectivity index (χ4v) is 2.46.